The Morgan fingerprint density at radius 3 is 2.67 bits per heavy atom. The summed E-state index contributed by atoms with van der Waals surface area (Å²) in [6.07, 6.45) is 1.70. The smallest absolute Gasteiger partial charge is 0.232 e. The summed E-state index contributed by atoms with van der Waals surface area (Å²) in [4.78, 5) is 12.1. The van der Waals surface area contributed by atoms with Crippen LogP contribution in [-0.4, -0.2) is 33.9 Å². The van der Waals surface area contributed by atoms with Crippen molar-refractivity contribution >= 4 is 43.2 Å². The first kappa shape index (κ1) is 19.5. The number of nitrogens with zero attached hydrogens (tertiary/aromatic N) is 1. The fraction of sp³-hybridized carbons (Fsp3) is 0.278. The molecule has 0 spiro atoms. The minimum Gasteiger partial charge on any atom is -0.454 e. The number of hydrogen-bond donors (Lipinski definition) is 1. The first-order valence-electron chi connectivity index (χ1n) is 8.26. The van der Waals surface area contributed by atoms with Gasteiger partial charge in [-0.15, -0.1) is 0 Å². The predicted molar refractivity (Wildman–Crippen MR) is 107 cm³/mol. The number of halogens is 1. The number of nitrogens with one attached hydrogen (secondary N) is 1. The topological polar surface area (TPSA) is 84.9 Å². The number of para-hydroxylation sites is 1. The van der Waals surface area contributed by atoms with Crippen molar-refractivity contribution < 1.29 is 22.7 Å². The van der Waals surface area contributed by atoms with Crippen molar-refractivity contribution in [2.45, 2.75) is 12.8 Å². The van der Waals surface area contributed by atoms with Crippen LogP contribution in [0.15, 0.2) is 46.9 Å². The summed E-state index contributed by atoms with van der Waals surface area (Å²) in [5, 5.41) is 2.81. The van der Waals surface area contributed by atoms with Crippen LogP contribution in [0.3, 0.4) is 0 Å². The van der Waals surface area contributed by atoms with Crippen LogP contribution < -0.4 is 19.1 Å². The Morgan fingerprint density at radius 2 is 1.93 bits per heavy atom. The maximum absolute atomic E-state index is 12.2. The fourth-order valence-electron chi connectivity index (χ4n) is 2.69. The average molecular weight is 455 g/mol. The van der Waals surface area contributed by atoms with Crippen LogP contribution >= 0.6 is 15.9 Å². The van der Waals surface area contributed by atoms with E-state index in [1.54, 1.807) is 24.3 Å². The molecule has 0 atom stereocenters. The van der Waals surface area contributed by atoms with Crippen molar-refractivity contribution in [2.75, 3.05) is 29.2 Å². The van der Waals surface area contributed by atoms with Crippen LogP contribution in [0.1, 0.15) is 12.8 Å². The summed E-state index contributed by atoms with van der Waals surface area (Å²) in [5.74, 6) is 0.911. The molecule has 1 N–H and O–H groups in total. The van der Waals surface area contributed by atoms with E-state index < -0.39 is 10.0 Å². The summed E-state index contributed by atoms with van der Waals surface area (Å²) in [5.41, 5.74) is 1.16. The van der Waals surface area contributed by atoms with E-state index >= 15 is 0 Å². The molecule has 0 radical (unpaired) electrons. The molecule has 2 aromatic rings. The number of carbonyl (C=O) groups is 1. The Morgan fingerprint density at radius 1 is 1.19 bits per heavy atom. The van der Waals surface area contributed by atoms with E-state index in [9.17, 15) is 13.2 Å². The van der Waals surface area contributed by atoms with Crippen molar-refractivity contribution in [1.82, 2.24) is 0 Å². The normalized spacial score (nSPS) is 12.7. The number of anilines is 2. The summed E-state index contributed by atoms with van der Waals surface area (Å²) in [7, 11) is -3.50. The highest BCUT2D eigenvalue weighted by Gasteiger charge is 2.21. The van der Waals surface area contributed by atoms with E-state index in [-0.39, 0.29) is 25.7 Å². The van der Waals surface area contributed by atoms with E-state index in [4.69, 9.17) is 9.47 Å². The molecule has 27 heavy (non-hydrogen) atoms. The highest BCUT2D eigenvalue weighted by molar-refractivity contribution is 9.10. The minimum absolute atomic E-state index is 0.118. The monoisotopic (exact) mass is 454 g/mol. The molecule has 0 aromatic heterocycles. The number of ether oxygens (including phenoxy) is 2. The van der Waals surface area contributed by atoms with Crippen molar-refractivity contribution in [2.24, 2.45) is 0 Å². The van der Waals surface area contributed by atoms with Gasteiger partial charge in [0.1, 0.15) is 0 Å². The molecule has 9 heteroatoms. The zero-order valence-electron chi connectivity index (χ0n) is 14.6. The molecule has 0 aliphatic carbocycles. The minimum atomic E-state index is -3.50. The van der Waals surface area contributed by atoms with Crippen molar-refractivity contribution in [3.63, 3.8) is 0 Å². The second kappa shape index (κ2) is 8.18. The Hall–Kier alpha value is -2.26. The lowest BCUT2D eigenvalue weighted by atomic mass is 10.2. The molecule has 1 heterocycles. The number of sulfonamides is 1. The zero-order chi connectivity index (χ0) is 19.4. The summed E-state index contributed by atoms with van der Waals surface area (Å²) in [6.45, 7) is 0.300. The van der Waals surface area contributed by atoms with Gasteiger partial charge in [0.15, 0.2) is 11.5 Å². The lowest BCUT2D eigenvalue weighted by Crippen LogP contribution is -2.31. The number of fused-ring (bicyclic) bond motifs is 1. The molecular formula is C18H19BrN2O5S. The average Bonchev–Trinajstić information content (AvgIpc) is 3.07. The molecule has 0 fully saturated rings. The summed E-state index contributed by atoms with van der Waals surface area (Å²) < 4.78 is 37.0. The molecule has 0 unspecified atom stereocenters. The molecule has 2 aromatic carbocycles. The lowest BCUT2D eigenvalue weighted by molar-refractivity contribution is -0.116. The third-order valence-corrected chi connectivity index (χ3v) is 5.84. The van der Waals surface area contributed by atoms with Gasteiger partial charge in [0, 0.05) is 23.5 Å². The Labute approximate surface area is 166 Å². The van der Waals surface area contributed by atoms with Crippen LogP contribution in [0.5, 0.6) is 11.5 Å². The molecule has 0 saturated carbocycles. The van der Waals surface area contributed by atoms with Crippen LogP contribution in [0.2, 0.25) is 0 Å². The predicted octanol–water partition coefficient (Wildman–Crippen LogP) is 3.36. The molecule has 7 nitrogen and oxygen atoms in total. The van der Waals surface area contributed by atoms with Gasteiger partial charge in [-0.2, -0.15) is 0 Å². The van der Waals surface area contributed by atoms with E-state index in [2.05, 4.69) is 21.2 Å². The highest BCUT2D eigenvalue weighted by atomic mass is 79.9. The van der Waals surface area contributed by atoms with Crippen LogP contribution in [0.25, 0.3) is 0 Å². The van der Waals surface area contributed by atoms with Gasteiger partial charge in [-0.05, 0) is 46.6 Å². The van der Waals surface area contributed by atoms with Crippen LogP contribution in [0, 0.1) is 0 Å². The first-order chi connectivity index (χ1) is 12.8. The molecule has 0 saturated heterocycles. The standard InChI is InChI=1S/C18H19BrN2O5S/c1-27(23,24)21(13-8-9-16-17(11-13)26-12-25-16)10-4-7-18(22)20-15-6-3-2-5-14(15)19/h2-3,5-6,8-9,11H,4,7,10,12H2,1H3,(H,20,22). The maximum atomic E-state index is 12.2. The van der Waals surface area contributed by atoms with Crippen molar-refractivity contribution in [1.29, 1.82) is 0 Å². The summed E-state index contributed by atoms with van der Waals surface area (Å²) >= 11 is 3.37. The second-order valence-electron chi connectivity index (χ2n) is 6.00. The van der Waals surface area contributed by atoms with Crippen LogP contribution in [0.4, 0.5) is 11.4 Å². The molecule has 0 bridgehead atoms. The Bertz CT molecular complexity index is 949. The first-order valence-corrected chi connectivity index (χ1v) is 10.9. The highest BCUT2D eigenvalue weighted by Crippen LogP contribution is 2.36. The molecule has 144 valence electrons. The Balaban J connectivity index is 1.63. The molecule has 3 rings (SSSR count). The Kier molecular flexibility index (Phi) is 5.91. The fourth-order valence-corrected chi connectivity index (χ4v) is 4.03. The number of rotatable bonds is 7. The van der Waals surface area contributed by atoms with Gasteiger partial charge in [-0.3, -0.25) is 9.10 Å². The van der Waals surface area contributed by atoms with Crippen molar-refractivity contribution in [3.05, 3.63) is 46.9 Å². The van der Waals surface area contributed by atoms with E-state index in [0.29, 0.717) is 29.3 Å². The largest absolute Gasteiger partial charge is 0.454 e. The lowest BCUT2D eigenvalue weighted by Gasteiger charge is -2.22. The molecular weight excluding hydrogens is 436 g/mol. The molecule has 1 aliphatic rings. The summed E-state index contributed by atoms with van der Waals surface area (Å²) in [6, 6.07) is 12.3. The number of amides is 1. The number of benzene rings is 2. The second-order valence-corrected chi connectivity index (χ2v) is 8.77. The van der Waals surface area contributed by atoms with Gasteiger partial charge in [-0.1, -0.05) is 12.1 Å². The molecule has 1 aliphatic heterocycles. The maximum Gasteiger partial charge on any atom is 0.232 e. The van der Waals surface area contributed by atoms with E-state index in [0.717, 1.165) is 10.7 Å². The quantitative estimate of drug-likeness (QED) is 0.692. The van der Waals surface area contributed by atoms with Gasteiger partial charge in [0.05, 0.1) is 17.6 Å². The van der Waals surface area contributed by atoms with E-state index in [1.165, 1.54) is 4.31 Å². The van der Waals surface area contributed by atoms with Gasteiger partial charge >= 0.3 is 0 Å². The van der Waals surface area contributed by atoms with E-state index in [1.807, 2.05) is 18.2 Å². The third-order valence-electron chi connectivity index (χ3n) is 3.96. The van der Waals surface area contributed by atoms with Gasteiger partial charge in [-0.25, -0.2) is 8.42 Å². The van der Waals surface area contributed by atoms with Crippen LogP contribution in [-0.2, 0) is 14.8 Å². The number of carbonyl (C=O) groups excluding carboxylic acids is 1. The van der Waals surface area contributed by atoms with Gasteiger partial charge in [0.2, 0.25) is 22.7 Å². The van der Waals surface area contributed by atoms with Gasteiger partial charge in [0.25, 0.3) is 0 Å². The zero-order valence-corrected chi connectivity index (χ0v) is 17.0. The van der Waals surface area contributed by atoms with Gasteiger partial charge < -0.3 is 14.8 Å². The number of hydrogen-bond acceptors (Lipinski definition) is 5. The molecule has 1 amide bonds. The SMILES string of the molecule is CS(=O)(=O)N(CCCC(=O)Nc1ccccc1Br)c1ccc2c(c1)OCO2. The van der Waals surface area contributed by atoms with Crippen molar-refractivity contribution in [3.8, 4) is 11.5 Å². The third kappa shape index (κ3) is 4.92.